The summed E-state index contributed by atoms with van der Waals surface area (Å²) in [7, 11) is 0. The molecule has 0 N–H and O–H groups in total. The van der Waals surface area contributed by atoms with E-state index in [0.717, 1.165) is 70.4 Å². The molecule has 0 spiro atoms. The van der Waals surface area contributed by atoms with Gasteiger partial charge in [-0.05, 0) is 189 Å². The molecule has 0 aromatic heterocycles. The second kappa shape index (κ2) is 21.2. The van der Waals surface area contributed by atoms with E-state index in [4.69, 9.17) is 0 Å². The predicted molar refractivity (Wildman–Crippen MR) is 281 cm³/mol. The molecule has 328 valence electrons. The van der Waals surface area contributed by atoms with E-state index in [0.29, 0.717) is 5.92 Å². The third-order valence-electron chi connectivity index (χ3n) is 12.9. The fourth-order valence-corrected chi connectivity index (χ4v) is 8.66. The SMILES string of the molecule is CCCCc1ccc(N(c2ccc(C)cc2)c2ccc(N(c3ccc(CCCC)cc3)c3ccc(-c4ccc(N(c5ccc(C)cc5)c5ccc(C(C)CC)cc5)cc4)cc3)cc2)cc1. The van der Waals surface area contributed by atoms with Gasteiger partial charge in [0.15, 0.2) is 0 Å². The topological polar surface area (TPSA) is 9.72 Å². The highest BCUT2D eigenvalue weighted by Crippen LogP contribution is 2.41. The minimum atomic E-state index is 0.537. The van der Waals surface area contributed by atoms with Crippen LogP contribution >= 0.6 is 0 Å². The summed E-state index contributed by atoms with van der Waals surface area (Å²) in [6.07, 6.45) is 8.13. The van der Waals surface area contributed by atoms with Crippen LogP contribution in [-0.4, -0.2) is 0 Å². The average molecular weight is 852 g/mol. The zero-order chi connectivity index (χ0) is 45.1. The molecule has 3 heteroatoms. The zero-order valence-electron chi connectivity index (χ0n) is 39.3. The molecule has 1 unspecified atom stereocenters. The van der Waals surface area contributed by atoms with Crippen molar-refractivity contribution in [3.05, 3.63) is 222 Å². The van der Waals surface area contributed by atoms with Gasteiger partial charge >= 0.3 is 0 Å². The summed E-state index contributed by atoms with van der Waals surface area (Å²) in [4.78, 5) is 7.10. The fourth-order valence-electron chi connectivity index (χ4n) is 8.66. The molecule has 1 atom stereocenters. The Morgan fingerprint density at radius 3 is 0.846 bits per heavy atom. The molecule has 0 saturated heterocycles. The van der Waals surface area contributed by atoms with Crippen LogP contribution in [0.2, 0.25) is 0 Å². The minimum Gasteiger partial charge on any atom is -0.311 e. The van der Waals surface area contributed by atoms with Crippen molar-refractivity contribution in [2.45, 2.75) is 92.4 Å². The summed E-state index contributed by atoms with van der Waals surface area (Å²) in [6.45, 7) is 13.4. The number of hydrogen-bond acceptors (Lipinski definition) is 3. The molecule has 0 saturated carbocycles. The Kier molecular flexibility index (Phi) is 14.6. The molecule has 0 aliphatic carbocycles. The summed E-state index contributed by atoms with van der Waals surface area (Å²) in [5.74, 6) is 0.537. The van der Waals surface area contributed by atoms with Crippen LogP contribution < -0.4 is 14.7 Å². The Hall–Kier alpha value is -6.84. The van der Waals surface area contributed by atoms with Crippen molar-refractivity contribution >= 4 is 51.2 Å². The van der Waals surface area contributed by atoms with Crippen LogP contribution in [0, 0.1) is 13.8 Å². The highest BCUT2D eigenvalue weighted by molar-refractivity contribution is 5.83. The second-order valence-electron chi connectivity index (χ2n) is 17.7. The molecule has 0 radical (unpaired) electrons. The van der Waals surface area contributed by atoms with Gasteiger partial charge in [0.1, 0.15) is 0 Å². The Labute approximate surface area is 389 Å². The minimum absolute atomic E-state index is 0.537. The van der Waals surface area contributed by atoms with Crippen LogP contribution in [0.1, 0.15) is 93.5 Å². The summed E-state index contributed by atoms with van der Waals surface area (Å²) in [6, 6.07) is 72.1. The number of unbranched alkanes of at least 4 members (excludes halogenated alkanes) is 2. The lowest BCUT2D eigenvalue weighted by molar-refractivity contribution is 0.733. The van der Waals surface area contributed by atoms with Gasteiger partial charge in [-0.1, -0.05) is 137 Å². The highest BCUT2D eigenvalue weighted by Gasteiger charge is 2.18. The molecule has 0 aliphatic rings. The van der Waals surface area contributed by atoms with E-state index in [2.05, 4.69) is 250 Å². The molecule has 65 heavy (non-hydrogen) atoms. The van der Waals surface area contributed by atoms with Crippen LogP contribution in [0.5, 0.6) is 0 Å². The Morgan fingerprint density at radius 2 is 0.569 bits per heavy atom. The normalized spacial score (nSPS) is 11.6. The van der Waals surface area contributed by atoms with Gasteiger partial charge < -0.3 is 14.7 Å². The zero-order valence-corrected chi connectivity index (χ0v) is 39.3. The fraction of sp³-hybridized carbons (Fsp3) is 0.226. The lowest BCUT2D eigenvalue weighted by Gasteiger charge is -2.29. The molecule has 0 fully saturated rings. The van der Waals surface area contributed by atoms with E-state index in [1.54, 1.807) is 0 Å². The van der Waals surface area contributed by atoms with Gasteiger partial charge in [-0.25, -0.2) is 0 Å². The lowest BCUT2D eigenvalue weighted by Crippen LogP contribution is -2.12. The quantitative estimate of drug-likeness (QED) is 0.0851. The highest BCUT2D eigenvalue weighted by atomic mass is 15.2. The molecule has 8 aromatic carbocycles. The van der Waals surface area contributed by atoms with Crippen LogP contribution in [0.4, 0.5) is 51.2 Å². The lowest BCUT2D eigenvalue weighted by atomic mass is 9.98. The number of aryl methyl sites for hydroxylation is 4. The van der Waals surface area contributed by atoms with Crippen molar-refractivity contribution in [2.75, 3.05) is 14.7 Å². The first-order valence-corrected chi connectivity index (χ1v) is 23.9. The third-order valence-corrected chi connectivity index (χ3v) is 12.9. The molecule has 8 rings (SSSR count). The average Bonchev–Trinajstić information content (AvgIpc) is 3.36. The van der Waals surface area contributed by atoms with Crippen molar-refractivity contribution in [2.24, 2.45) is 0 Å². The predicted octanol–water partition coefficient (Wildman–Crippen LogP) is 18.6. The second-order valence-corrected chi connectivity index (χ2v) is 17.7. The molecule has 3 nitrogen and oxygen atoms in total. The van der Waals surface area contributed by atoms with Gasteiger partial charge in [0, 0.05) is 51.2 Å². The van der Waals surface area contributed by atoms with Gasteiger partial charge in [-0.15, -0.1) is 0 Å². The van der Waals surface area contributed by atoms with Gasteiger partial charge in [0.2, 0.25) is 0 Å². The third kappa shape index (κ3) is 10.8. The first-order chi connectivity index (χ1) is 31.8. The van der Waals surface area contributed by atoms with Crippen molar-refractivity contribution in [3.63, 3.8) is 0 Å². The first-order valence-electron chi connectivity index (χ1n) is 23.9. The number of benzene rings is 8. The van der Waals surface area contributed by atoms with Crippen molar-refractivity contribution in [3.8, 4) is 11.1 Å². The Balaban J connectivity index is 1.10. The molecule has 8 aromatic rings. The van der Waals surface area contributed by atoms with E-state index in [9.17, 15) is 0 Å². The van der Waals surface area contributed by atoms with Crippen LogP contribution in [0.15, 0.2) is 194 Å². The molecular weight excluding hydrogens is 787 g/mol. The summed E-state index contributed by atoms with van der Waals surface area (Å²) < 4.78 is 0. The first kappa shape index (κ1) is 44.8. The van der Waals surface area contributed by atoms with Gasteiger partial charge in [0.05, 0.1) is 0 Å². The summed E-state index contributed by atoms with van der Waals surface area (Å²) in [5.41, 5.74) is 19.2. The standard InChI is InChI=1S/C62H65N3/c1-7-10-12-49-18-32-56(33-19-49)63(54-28-14-46(4)15-29-54)61-42-44-62(45-43-61)65(57-34-20-50(21-35-57)13-11-8-2)60-40-26-53(27-41-60)52-24-38-59(39-25-52)64(55-30-16-47(5)17-31-55)58-36-22-51(23-37-58)48(6)9-3/h14-45,48H,7-13H2,1-6H3. The molecule has 0 bridgehead atoms. The Morgan fingerprint density at radius 1 is 0.323 bits per heavy atom. The monoisotopic (exact) mass is 852 g/mol. The molecular formula is C62H65N3. The van der Waals surface area contributed by atoms with Crippen molar-refractivity contribution in [1.29, 1.82) is 0 Å². The summed E-state index contributed by atoms with van der Waals surface area (Å²) in [5, 5.41) is 0. The van der Waals surface area contributed by atoms with Gasteiger partial charge in [-0.2, -0.15) is 0 Å². The van der Waals surface area contributed by atoms with Crippen LogP contribution in [0.3, 0.4) is 0 Å². The van der Waals surface area contributed by atoms with E-state index in [1.807, 2.05) is 0 Å². The van der Waals surface area contributed by atoms with E-state index in [1.165, 1.54) is 64.6 Å². The number of nitrogens with zero attached hydrogens (tertiary/aromatic N) is 3. The number of anilines is 9. The van der Waals surface area contributed by atoms with E-state index >= 15 is 0 Å². The van der Waals surface area contributed by atoms with Crippen molar-refractivity contribution < 1.29 is 0 Å². The summed E-state index contributed by atoms with van der Waals surface area (Å²) >= 11 is 0. The van der Waals surface area contributed by atoms with Crippen molar-refractivity contribution in [1.82, 2.24) is 0 Å². The molecule has 0 amide bonds. The smallest absolute Gasteiger partial charge is 0.0463 e. The van der Waals surface area contributed by atoms with Crippen LogP contribution in [0.25, 0.3) is 11.1 Å². The Bertz CT molecular complexity index is 2680. The van der Waals surface area contributed by atoms with E-state index in [-0.39, 0.29) is 0 Å². The van der Waals surface area contributed by atoms with Crippen LogP contribution in [-0.2, 0) is 12.8 Å². The number of hydrogen-bond donors (Lipinski definition) is 0. The van der Waals surface area contributed by atoms with E-state index < -0.39 is 0 Å². The van der Waals surface area contributed by atoms with Gasteiger partial charge in [0.25, 0.3) is 0 Å². The molecule has 0 heterocycles. The maximum Gasteiger partial charge on any atom is 0.0463 e. The van der Waals surface area contributed by atoms with Gasteiger partial charge in [-0.3, -0.25) is 0 Å². The maximum absolute atomic E-state index is 2.38. The largest absolute Gasteiger partial charge is 0.311 e. The molecule has 0 aliphatic heterocycles. The maximum atomic E-state index is 2.38. The number of rotatable bonds is 18.